The predicted octanol–water partition coefficient (Wildman–Crippen LogP) is 4.72. The van der Waals surface area contributed by atoms with Crippen LogP contribution in [0.15, 0.2) is 54.4 Å². The van der Waals surface area contributed by atoms with Gasteiger partial charge in [-0.1, -0.05) is 12.1 Å². The van der Waals surface area contributed by atoms with E-state index in [2.05, 4.69) is 41.7 Å². The minimum Gasteiger partial charge on any atom is -0.478 e. The number of carboxylic acids is 1. The van der Waals surface area contributed by atoms with E-state index in [1.54, 1.807) is 23.5 Å². The highest BCUT2D eigenvalue weighted by Crippen LogP contribution is 2.42. The van der Waals surface area contributed by atoms with Crippen LogP contribution in [0.4, 0.5) is 5.69 Å². The molecule has 3 rings (SSSR count). The maximum absolute atomic E-state index is 11.4. The summed E-state index contributed by atoms with van der Waals surface area (Å²) in [5.41, 5.74) is 3.27. The summed E-state index contributed by atoms with van der Waals surface area (Å²) < 4.78 is 2.15. The number of aromatic carboxylic acids is 1. The summed E-state index contributed by atoms with van der Waals surface area (Å²) >= 11 is 1.69. The van der Waals surface area contributed by atoms with Gasteiger partial charge in [-0.05, 0) is 43.0 Å². The van der Waals surface area contributed by atoms with Crippen LogP contribution in [0.3, 0.4) is 0 Å². The second-order valence-electron chi connectivity index (χ2n) is 6.15. The number of fused-ring (bicyclic) bond motifs is 1. The predicted molar refractivity (Wildman–Crippen MR) is 99.8 cm³/mol. The monoisotopic (exact) mass is 338 g/mol. The molecule has 1 atom stereocenters. The number of benzene rings is 1. The number of hydrogen-bond acceptors (Lipinski definition) is 2. The Hall–Kier alpha value is -2.46. The van der Waals surface area contributed by atoms with Gasteiger partial charge in [-0.2, -0.15) is 4.58 Å². The SMILES string of the molecule is C=CCC1(C)C(/C=C/c2cccs2)=[N+](C)c2ccc(C(=O)O)cc21. The molecular weight excluding hydrogens is 318 g/mol. The van der Waals surface area contributed by atoms with Crippen LogP contribution < -0.4 is 0 Å². The highest BCUT2D eigenvalue weighted by Gasteiger charge is 2.46. The van der Waals surface area contributed by atoms with Crippen molar-refractivity contribution in [3.05, 3.63) is 70.4 Å². The first-order valence-electron chi connectivity index (χ1n) is 7.79. The highest BCUT2D eigenvalue weighted by molar-refractivity contribution is 7.10. The average Bonchev–Trinajstić information content (AvgIpc) is 3.13. The Labute approximate surface area is 145 Å². The summed E-state index contributed by atoms with van der Waals surface area (Å²) in [6.07, 6.45) is 6.89. The van der Waals surface area contributed by atoms with E-state index in [0.717, 1.165) is 23.4 Å². The summed E-state index contributed by atoms with van der Waals surface area (Å²) in [6.45, 7) is 6.05. The lowest BCUT2D eigenvalue weighted by atomic mass is 9.76. The maximum atomic E-state index is 11.4. The van der Waals surface area contributed by atoms with E-state index in [0.29, 0.717) is 5.56 Å². The van der Waals surface area contributed by atoms with E-state index in [1.165, 1.54) is 4.88 Å². The normalized spacial score (nSPS) is 19.8. The Morgan fingerprint density at radius 2 is 2.17 bits per heavy atom. The van der Waals surface area contributed by atoms with Gasteiger partial charge in [-0.15, -0.1) is 17.9 Å². The van der Waals surface area contributed by atoms with Crippen molar-refractivity contribution in [1.29, 1.82) is 0 Å². The number of rotatable bonds is 5. The van der Waals surface area contributed by atoms with Gasteiger partial charge in [0.2, 0.25) is 5.69 Å². The van der Waals surface area contributed by atoms with Crippen molar-refractivity contribution in [1.82, 2.24) is 0 Å². The van der Waals surface area contributed by atoms with Crippen molar-refractivity contribution >= 4 is 34.8 Å². The molecule has 0 bridgehead atoms. The number of carbonyl (C=O) groups is 1. The van der Waals surface area contributed by atoms with Gasteiger partial charge in [0.25, 0.3) is 0 Å². The minimum atomic E-state index is -0.899. The van der Waals surface area contributed by atoms with E-state index < -0.39 is 5.97 Å². The molecule has 3 nitrogen and oxygen atoms in total. The van der Waals surface area contributed by atoms with Crippen molar-refractivity contribution < 1.29 is 14.5 Å². The molecule has 1 aliphatic heterocycles. The zero-order valence-corrected chi connectivity index (χ0v) is 14.6. The Morgan fingerprint density at radius 3 is 2.79 bits per heavy atom. The first-order chi connectivity index (χ1) is 11.5. The van der Waals surface area contributed by atoms with Crippen molar-refractivity contribution in [3.63, 3.8) is 0 Å². The Balaban J connectivity index is 2.12. The van der Waals surface area contributed by atoms with Gasteiger partial charge in [-0.3, -0.25) is 0 Å². The number of hydrogen-bond donors (Lipinski definition) is 1. The van der Waals surface area contributed by atoms with Crippen LogP contribution in [0.25, 0.3) is 6.08 Å². The number of allylic oxidation sites excluding steroid dienone is 2. The van der Waals surface area contributed by atoms with E-state index in [9.17, 15) is 9.90 Å². The Morgan fingerprint density at radius 1 is 1.38 bits per heavy atom. The van der Waals surface area contributed by atoms with Crippen molar-refractivity contribution in [2.24, 2.45) is 0 Å². The zero-order chi connectivity index (χ0) is 17.3. The lowest BCUT2D eigenvalue weighted by molar-refractivity contribution is -0.401. The average molecular weight is 338 g/mol. The molecule has 1 N–H and O–H groups in total. The Bertz CT molecular complexity index is 862. The molecule has 4 heteroatoms. The van der Waals surface area contributed by atoms with Crippen LogP contribution in [-0.2, 0) is 5.41 Å². The standard InChI is InChI=1S/C20H19NO2S/c1-4-11-20(2)16-13-14(19(22)23)7-9-17(16)21(3)18(20)10-8-15-6-5-12-24-15/h4-10,12-13H,1,11H2,2-3H3/p+1/b10-8+. The molecule has 1 aromatic carbocycles. The number of nitrogens with zero attached hydrogens (tertiary/aromatic N) is 1. The van der Waals surface area contributed by atoms with E-state index in [1.807, 2.05) is 25.3 Å². The fraction of sp³-hybridized carbons (Fsp3) is 0.200. The molecule has 122 valence electrons. The molecule has 0 radical (unpaired) electrons. The molecule has 2 aromatic rings. The molecule has 1 aromatic heterocycles. The largest absolute Gasteiger partial charge is 0.478 e. The highest BCUT2D eigenvalue weighted by atomic mass is 32.1. The number of thiophene rings is 1. The fourth-order valence-corrected chi connectivity index (χ4v) is 4.01. The summed E-state index contributed by atoms with van der Waals surface area (Å²) in [5.74, 6) is -0.899. The molecule has 0 spiro atoms. The molecule has 0 saturated carbocycles. The van der Waals surface area contributed by atoms with Crippen molar-refractivity contribution in [3.8, 4) is 0 Å². The maximum Gasteiger partial charge on any atom is 0.335 e. The first-order valence-corrected chi connectivity index (χ1v) is 8.67. The third-order valence-electron chi connectivity index (χ3n) is 4.63. The molecule has 0 aliphatic carbocycles. The van der Waals surface area contributed by atoms with Crippen LogP contribution in [0.2, 0.25) is 0 Å². The quantitative estimate of drug-likeness (QED) is 0.633. The fourth-order valence-electron chi connectivity index (χ4n) is 3.39. The second kappa shape index (κ2) is 6.21. The minimum absolute atomic E-state index is 0.287. The molecule has 0 saturated heterocycles. The smallest absolute Gasteiger partial charge is 0.335 e. The summed E-state index contributed by atoms with van der Waals surface area (Å²) in [5, 5.41) is 11.4. The van der Waals surface area contributed by atoms with Crippen LogP contribution in [0, 0.1) is 0 Å². The molecular formula is C20H20NO2S+. The van der Waals surface area contributed by atoms with Crippen LogP contribution >= 0.6 is 11.3 Å². The van der Waals surface area contributed by atoms with Crippen molar-refractivity contribution in [2.45, 2.75) is 18.8 Å². The van der Waals surface area contributed by atoms with Crippen LogP contribution in [-0.4, -0.2) is 28.4 Å². The second-order valence-corrected chi connectivity index (χ2v) is 7.13. The van der Waals surface area contributed by atoms with E-state index in [4.69, 9.17) is 0 Å². The molecule has 24 heavy (non-hydrogen) atoms. The summed E-state index contributed by atoms with van der Waals surface area (Å²) in [7, 11) is 2.03. The summed E-state index contributed by atoms with van der Waals surface area (Å²) in [4.78, 5) is 12.6. The zero-order valence-electron chi connectivity index (χ0n) is 13.8. The molecule has 0 amide bonds. The van der Waals surface area contributed by atoms with Gasteiger partial charge >= 0.3 is 5.97 Å². The molecule has 0 fully saturated rings. The van der Waals surface area contributed by atoms with Gasteiger partial charge in [0.15, 0.2) is 5.71 Å². The topological polar surface area (TPSA) is 40.3 Å². The lowest BCUT2D eigenvalue weighted by Crippen LogP contribution is -2.30. The van der Waals surface area contributed by atoms with Crippen LogP contribution in [0.5, 0.6) is 0 Å². The molecule has 1 aliphatic rings. The van der Waals surface area contributed by atoms with Gasteiger partial charge in [0, 0.05) is 22.6 Å². The van der Waals surface area contributed by atoms with Gasteiger partial charge < -0.3 is 5.11 Å². The van der Waals surface area contributed by atoms with Crippen molar-refractivity contribution in [2.75, 3.05) is 7.05 Å². The molecule has 2 heterocycles. The van der Waals surface area contributed by atoms with Crippen LogP contribution in [0.1, 0.15) is 34.1 Å². The van der Waals surface area contributed by atoms with E-state index >= 15 is 0 Å². The van der Waals surface area contributed by atoms with Gasteiger partial charge in [-0.25, -0.2) is 4.79 Å². The first kappa shape index (κ1) is 16.4. The third-order valence-corrected chi connectivity index (χ3v) is 5.46. The van der Waals surface area contributed by atoms with Gasteiger partial charge in [0.1, 0.15) is 7.05 Å². The summed E-state index contributed by atoms with van der Waals surface area (Å²) in [6, 6.07) is 9.47. The number of carboxylic acid groups (broad SMARTS) is 1. The van der Waals surface area contributed by atoms with Gasteiger partial charge in [0.05, 0.1) is 11.0 Å². The lowest BCUT2D eigenvalue weighted by Gasteiger charge is -2.20. The Kier molecular flexibility index (Phi) is 4.24. The van der Waals surface area contributed by atoms with E-state index in [-0.39, 0.29) is 5.41 Å². The molecule has 1 unspecified atom stereocenters. The third kappa shape index (κ3) is 2.63.